The van der Waals surface area contributed by atoms with Crippen LogP contribution in [0.4, 0.5) is 0 Å². The van der Waals surface area contributed by atoms with Gasteiger partial charge in [0.2, 0.25) is 0 Å². The number of ether oxygens (including phenoxy) is 5. The predicted molar refractivity (Wildman–Crippen MR) is 162 cm³/mol. The maximum atomic E-state index is 13.1. The van der Waals surface area contributed by atoms with Gasteiger partial charge in [0.25, 0.3) is 0 Å². The summed E-state index contributed by atoms with van der Waals surface area (Å²) < 4.78 is 28.7. The lowest BCUT2D eigenvalue weighted by Gasteiger charge is -2.46. The molecule has 2 aliphatic rings. The van der Waals surface area contributed by atoms with Crippen molar-refractivity contribution in [1.82, 2.24) is 0 Å². The number of carboxylic acids is 1. The van der Waals surface area contributed by atoms with Crippen LogP contribution in [0.1, 0.15) is 118 Å². The van der Waals surface area contributed by atoms with Crippen LogP contribution in [-0.2, 0) is 33.3 Å². The standard InChI is InChI=1S/C32H58O13/c1-5-7-9-11-13-15-21(17-23(33)34)43-24(35)18-22(16-14-12-10-8-6-2)44-32-29(40)30(26(37)20(4)42-32)45-31-28(39)27(38)25(36)19(3)41-31/h19-22,25-32,36-40H,5-18H2,1-4H3,(H,33,34)/t19-,20-,21?,22?,25-,26-,27+,28+,29+,30+,31-,32-/m0/s1. The van der Waals surface area contributed by atoms with Crippen molar-refractivity contribution in [2.75, 3.05) is 0 Å². The number of carbonyl (C=O) groups is 2. The topological polar surface area (TPSA) is 202 Å². The molecule has 0 radical (unpaired) electrons. The van der Waals surface area contributed by atoms with Gasteiger partial charge in [0, 0.05) is 0 Å². The lowest BCUT2D eigenvalue weighted by molar-refractivity contribution is -0.358. The summed E-state index contributed by atoms with van der Waals surface area (Å²) in [4.78, 5) is 24.5. The zero-order valence-corrected chi connectivity index (χ0v) is 27.4. The molecule has 0 aliphatic carbocycles. The zero-order chi connectivity index (χ0) is 33.5. The van der Waals surface area contributed by atoms with Gasteiger partial charge in [-0.05, 0) is 33.1 Å². The average molecular weight is 651 g/mol. The van der Waals surface area contributed by atoms with E-state index in [-0.39, 0.29) is 12.8 Å². The molecule has 0 spiro atoms. The van der Waals surface area contributed by atoms with E-state index in [0.717, 1.165) is 64.2 Å². The Labute approximate surface area is 267 Å². The Morgan fingerprint density at radius 1 is 0.644 bits per heavy atom. The van der Waals surface area contributed by atoms with Gasteiger partial charge in [-0.15, -0.1) is 0 Å². The largest absolute Gasteiger partial charge is 0.481 e. The van der Waals surface area contributed by atoms with E-state index in [9.17, 15) is 40.2 Å². The molecule has 12 atom stereocenters. The van der Waals surface area contributed by atoms with Crippen molar-refractivity contribution in [2.45, 2.75) is 191 Å². The number of rotatable bonds is 21. The lowest BCUT2D eigenvalue weighted by atomic mass is 9.97. The highest BCUT2D eigenvalue weighted by Crippen LogP contribution is 2.31. The Bertz CT molecular complexity index is 844. The molecule has 0 aromatic rings. The first-order valence-electron chi connectivity index (χ1n) is 16.8. The molecule has 0 amide bonds. The number of unbranched alkanes of at least 4 members (excludes halogenated alkanes) is 8. The van der Waals surface area contributed by atoms with Crippen molar-refractivity contribution in [3.63, 3.8) is 0 Å². The predicted octanol–water partition coefficient (Wildman–Crippen LogP) is 2.55. The summed E-state index contributed by atoms with van der Waals surface area (Å²) in [6.07, 6.45) is -4.87. The minimum absolute atomic E-state index is 0.194. The van der Waals surface area contributed by atoms with Crippen LogP contribution < -0.4 is 0 Å². The van der Waals surface area contributed by atoms with Crippen molar-refractivity contribution in [3.8, 4) is 0 Å². The highest BCUT2D eigenvalue weighted by Gasteiger charge is 2.50. The smallest absolute Gasteiger partial charge is 0.308 e. The van der Waals surface area contributed by atoms with Crippen LogP contribution in [0.2, 0.25) is 0 Å². The van der Waals surface area contributed by atoms with Crippen LogP contribution in [-0.4, -0.2) is 116 Å². The first-order valence-corrected chi connectivity index (χ1v) is 16.8. The molecule has 13 heteroatoms. The number of esters is 1. The summed E-state index contributed by atoms with van der Waals surface area (Å²) in [5.41, 5.74) is 0. The molecule has 2 rings (SSSR count). The van der Waals surface area contributed by atoms with Gasteiger partial charge in [-0.3, -0.25) is 9.59 Å². The quantitative estimate of drug-likeness (QED) is 0.0782. The first kappa shape index (κ1) is 39.8. The fourth-order valence-electron chi connectivity index (χ4n) is 5.73. The van der Waals surface area contributed by atoms with E-state index in [1.54, 1.807) is 6.92 Å². The SMILES string of the molecule is CCCCCCCC(CC(=O)O)OC(=O)CC(CCCCCCC)O[C@@H]1O[C@@H](C)[C@H](O)[C@@H](O[C@@H]2O[C@@H](C)[C@H](O)[C@@H](O)[C@H]2O)[C@H]1O. The molecule has 45 heavy (non-hydrogen) atoms. The number of carbonyl (C=O) groups excluding carboxylic acids is 1. The number of carboxylic acid groups (broad SMARTS) is 1. The summed E-state index contributed by atoms with van der Waals surface area (Å²) in [7, 11) is 0. The number of aliphatic hydroxyl groups is 5. The third-order valence-electron chi connectivity index (χ3n) is 8.56. The van der Waals surface area contributed by atoms with Gasteiger partial charge in [-0.2, -0.15) is 0 Å². The second-order valence-electron chi connectivity index (χ2n) is 12.6. The molecule has 0 aromatic heterocycles. The third kappa shape index (κ3) is 13.3. The van der Waals surface area contributed by atoms with Gasteiger partial charge >= 0.3 is 11.9 Å². The maximum Gasteiger partial charge on any atom is 0.308 e. The van der Waals surface area contributed by atoms with Crippen LogP contribution >= 0.6 is 0 Å². The average Bonchev–Trinajstić information content (AvgIpc) is 2.98. The van der Waals surface area contributed by atoms with Crippen molar-refractivity contribution in [3.05, 3.63) is 0 Å². The summed E-state index contributed by atoms with van der Waals surface area (Å²) in [6, 6.07) is 0. The number of hydrogen-bond acceptors (Lipinski definition) is 12. The van der Waals surface area contributed by atoms with Gasteiger partial charge < -0.3 is 54.3 Å². The van der Waals surface area contributed by atoms with Crippen molar-refractivity contribution in [1.29, 1.82) is 0 Å². The normalized spacial score (nSPS) is 33.4. The molecule has 0 bridgehead atoms. The lowest BCUT2D eigenvalue weighted by Crippen LogP contribution is -2.63. The molecule has 2 saturated heterocycles. The summed E-state index contributed by atoms with van der Waals surface area (Å²) in [5, 5.41) is 61.9. The highest BCUT2D eigenvalue weighted by atomic mass is 16.7. The van der Waals surface area contributed by atoms with Crippen LogP contribution in [0.25, 0.3) is 0 Å². The van der Waals surface area contributed by atoms with Crippen molar-refractivity contribution in [2.24, 2.45) is 0 Å². The fourth-order valence-corrected chi connectivity index (χ4v) is 5.73. The summed E-state index contributed by atoms with van der Waals surface area (Å²) in [5.74, 6) is -1.66. The maximum absolute atomic E-state index is 13.1. The highest BCUT2D eigenvalue weighted by molar-refractivity contribution is 5.72. The van der Waals surface area contributed by atoms with E-state index in [1.165, 1.54) is 6.92 Å². The van der Waals surface area contributed by atoms with E-state index >= 15 is 0 Å². The van der Waals surface area contributed by atoms with Crippen LogP contribution in [0.15, 0.2) is 0 Å². The second kappa shape index (κ2) is 20.7. The van der Waals surface area contributed by atoms with Crippen LogP contribution in [0.3, 0.4) is 0 Å². The molecule has 2 unspecified atom stereocenters. The molecule has 6 N–H and O–H groups in total. The first-order chi connectivity index (χ1) is 21.4. The Morgan fingerprint density at radius 3 is 1.76 bits per heavy atom. The number of aliphatic hydroxyl groups excluding tert-OH is 5. The van der Waals surface area contributed by atoms with Crippen molar-refractivity contribution < 1.29 is 63.9 Å². The molecular formula is C32H58O13. The Hall–Kier alpha value is -1.42. The van der Waals surface area contributed by atoms with Gasteiger partial charge in [-0.1, -0.05) is 71.6 Å². The molecule has 2 heterocycles. The molecule has 264 valence electrons. The van der Waals surface area contributed by atoms with E-state index in [4.69, 9.17) is 23.7 Å². The Balaban J connectivity index is 2.10. The minimum Gasteiger partial charge on any atom is -0.481 e. The minimum atomic E-state index is -1.65. The van der Waals surface area contributed by atoms with Crippen LogP contribution in [0.5, 0.6) is 0 Å². The third-order valence-corrected chi connectivity index (χ3v) is 8.56. The molecule has 0 aromatic carbocycles. The van der Waals surface area contributed by atoms with Gasteiger partial charge in [0.15, 0.2) is 12.6 Å². The zero-order valence-electron chi connectivity index (χ0n) is 27.4. The van der Waals surface area contributed by atoms with Gasteiger partial charge in [-0.25, -0.2) is 0 Å². The molecular weight excluding hydrogens is 592 g/mol. The van der Waals surface area contributed by atoms with E-state index in [1.807, 2.05) is 0 Å². The molecule has 2 fully saturated rings. The Morgan fingerprint density at radius 2 is 1.18 bits per heavy atom. The number of hydrogen-bond donors (Lipinski definition) is 6. The van der Waals surface area contributed by atoms with Crippen LogP contribution in [0, 0.1) is 0 Å². The molecule has 2 aliphatic heterocycles. The van der Waals surface area contributed by atoms with E-state index < -0.39 is 85.6 Å². The second-order valence-corrected chi connectivity index (χ2v) is 12.6. The van der Waals surface area contributed by atoms with Crippen molar-refractivity contribution >= 4 is 11.9 Å². The molecule has 0 saturated carbocycles. The Kier molecular flexibility index (Phi) is 18.3. The van der Waals surface area contributed by atoms with E-state index in [0.29, 0.717) is 12.8 Å². The number of aliphatic carboxylic acids is 1. The fraction of sp³-hybridized carbons (Fsp3) is 0.938. The van der Waals surface area contributed by atoms with Gasteiger partial charge in [0.1, 0.15) is 42.7 Å². The monoisotopic (exact) mass is 650 g/mol. The summed E-state index contributed by atoms with van der Waals surface area (Å²) in [6.45, 7) is 7.25. The summed E-state index contributed by atoms with van der Waals surface area (Å²) >= 11 is 0. The van der Waals surface area contributed by atoms with Gasteiger partial charge in [0.05, 0.1) is 31.2 Å². The van der Waals surface area contributed by atoms with E-state index in [2.05, 4.69) is 13.8 Å². The molecule has 13 nitrogen and oxygen atoms in total.